The van der Waals surface area contributed by atoms with Crippen LogP contribution in [-0.2, 0) is 64.3 Å². The lowest BCUT2D eigenvalue weighted by molar-refractivity contribution is -0.142. The average molecular weight is 1140 g/mol. The number of aromatic nitrogens is 4. The Morgan fingerprint density at radius 2 is 1.50 bits per heavy atom. The number of carbonyl (C=O) groups is 1. The van der Waals surface area contributed by atoms with Gasteiger partial charge in [0.1, 0.15) is 30.2 Å². The quantitative estimate of drug-likeness (QED) is 0.0266. The lowest BCUT2D eigenvalue weighted by Crippen LogP contribution is -2.59. The standard InChI is InChI=1S/C47H72N9O16PSSi2/c1-29-24-55(37-23-33(50-52-49)34(68-37)26-66-73(62,51-31(3)42(59)65-10)70-32-19-16-15-17-20-32)43(60)53(39(29)57)21-18-22-54-40(58)30(2)25-56(44(54)61)41-38(71-76(13,14)46(7,8)9)47(35(48)28-74(63,64)72-47)36(69-41)27-67-75(11,12)45(4,5)6/h15-17,19-20,24-25,28,31,33-34,36-38,41H,18,21-23,26-27,48H2,1-14H3,(H,51,62)/t31?,33-,34+,36?,37+,38-,41+,47?,73?/m0/s1. The van der Waals surface area contributed by atoms with Gasteiger partial charge in [-0.2, -0.15) is 13.5 Å². The molecule has 3 aromatic rings. The number of azide groups is 1. The molecule has 1 spiro atoms. The Morgan fingerprint density at radius 3 is 2.03 bits per heavy atom. The zero-order valence-corrected chi connectivity index (χ0v) is 49.2. The summed E-state index contributed by atoms with van der Waals surface area (Å²) in [5, 5.41) is 6.48. The van der Waals surface area contributed by atoms with Crippen LogP contribution in [0.25, 0.3) is 10.4 Å². The lowest BCUT2D eigenvalue weighted by atomic mass is 9.89. The van der Waals surface area contributed by atoms with Crippen molar-refractivity contribution < 1.29 is 54.1 Å². The molecule has 4 unspecified atom stereocenters. The first-order valence-corrected chi connectivity index (χ1v) is 33.6. The Balaban J connectivity index is 1.30. The summed E-state index contributed by atoms with van der Waals surface area (Å²) in [7, 11) is -13.1. The molecule has 0 radical (unpaired) electrons. The summed E-state index contributed by atoms with van der Waals surface area (Å²) in [5.74, 6) is -0.615. The van der Waals surface area contributed by atoms with Gasteiger partial charge in [0.15, 0.2) is 28.5 Å². The Labute approximate surface area is 443 Å². The molecule has 6 rings (SSSR count). The number of rotatable bonds is 20. The smallest absolute Gasteiger partial charge is 0.459 e. The van der Waals surface area contributed by atoms with Crippen LogP contribution >= 0.6 is 7.75 Å². The molecule has 3 aliphatic rings. The van der Waals surface area contributed by atoms with Crippen molar-refractivity contribution in [3.63, 3.8) is 0 Å². The second-order valence-corrected chi connectivity index (χ2v) is 35.0. The number of carbonyl (C=O) groups excluding carboxylic acids is 1. The molecule has 3 N–H and O–H groups in total. The predicted molar refractivity (Wildman–Crippen MR) is 285 cm³/mol. The number of nitrogens with zero attached hydrogens (tertiary/aromatic N) is 7. The zero-order valence-electron chi connectivity index (χ0n) is 45.5. The first-order valence-electron chi connectivity index (χ1n) is 24.7. The summed E-state index contributed by atoms with van der Waals surface area (Å²) in [4.78, 5) is 71.9. The van der Waals surface area contributed by atoms with Crippen molar-refractivity contribution in [2.75, 3.05) is 20.3 Å². The third-order valence-electron chi connectivity index (χ3n) is 14.8. The first kappa shape index (κ1) is 60.3. The monoisotopic (exact) mass is 1140 g/mol. The van der Waals surface area contributed by atoms with Crippen molar-refractivity contribution in [3.05, 3.63) is 117 Å². The Hall–Kier alpha value is -4.97. The van der Waals surface area contributed by atoms with Crippen molar-refractivity contribution >= 4 is 40.5 Å². The number of hydrogen-bond acceptors (Lipinski definition) is 18. The number of benzene rings is 1. The highest BCUT2D eigenvalue weighted by atomic mass is 32.2. The van der Waals surface area contributed by atoms with E-state index in [1.165, 1.54) is 45.3 Å². The van der Waals surface area contributed by atoms with E-state index in [4.69, 9.17) is 42.0 Å². The van der Waals surface area contributed by atoms with Gasteiger partial charge in [-0.3, -0.25) is 37.2 Å². The molecule has 3 aliphatic heterocycles. The SMILES string of the molecule is COC(=O)C(C)NP(=O)(OC[C@H]1O[C@@H](n2cc(C)c(=O)n(CCCn3c(=O)c(C)cn([C@@H]4OC(CO[Si](C)(C)C(C)(C)C)C5(OS(=O)(=O)C=C5N)[C@H]4O[Si](C)(C)C(C)(C)C)c3=O)c2=O)C[C@@H]1N=[N+]=[N-])Oc1ccccc1. The highest BCUT2D eigenvalue weighted by Crippen LogP contribution is 2.52. The Morgan fingerprint density at radius 1 is 0.934 bits per heavy atom. The molecule has 76 heavy (non-hydrogen) atoms. The van der Waals surface area contributed by atoms with Crippen LogP contribution in [-0.4, -0.2) is 106 Å². The molecule has 420 valence electrons. The number of aryl methyl sites for hydroxylation is 2. The molecule has 2 fully saturated rings. The van der Waals surface area contributed by atoms with Crippen LogP contribution in [0.1, 0.15) is 84.9 Å². The molecule has 0 aliphatic carbocycles. The van der Waals surface area contributed by atoms with E-state index in [1.54, 1.807) is 18.2 Å². The normalized spacial score (nSPS) is 24.9. The molecule has 29 heteroatoms. The molecule has 5 heterocycles. The van der Waals surface area contributed by atoms with Crippen LogP contribution in [0.15, 0.2) is 78.1 Å². The molecular formula is C47H72N9O16PSSi2. The minimum atomic E-state index is -4.39. The van der Waals surface area contributed by atoms with Crippen LogP contribution < -0.4 is 37.8 Å². The summed E-state index contributed by atoms with van der Waals surface area (Å²) < 4.78 is 93.7. The summed E-state index contributed by atoms with van der Waals surface area (Å²) in [6, 6.07) is 5.88. The zero-order chi connectivity index (χ0) is 56.7. The topological polar surface area (TPSA) is 317 Å². The van der Waals surface area contributed by atoms with Crippen LogP contribution in [0.4, 0.5) is 0 Å². The van der Waals surface area contributed by atoms with E-state index in [-0.39, 0.29) is 60.1 Å². The number of methoxy groups -OCH3 is 1. The number of hydrogen-bond donors (Lipinski definition) is 2. The largest absolute Gasteiger partial charge is 0.468 e. The average Bonchev–Trinajstić information content (AvgIpc) is 3.94. The fraction of sp³-hybridized carbons (Fsp3) is 0.638. The molecule has 0 saturated carbocycles. The van der Waals surface area contributed by atoms with E-state index in [9.17, 15) is 42.5 Å². The van der Waals surface area contributed by atoms with Gasteiger partial charge in [-0.1, -0.05) is 64.9 Å². The third kappa shape index (κ3) is 12.5. The summed E-state index contributed by atoms with van der Waals surface area (Å²) in [5.41, 5.74) is 11.2. The second kappa shape index (κ2) is 22.4. The number of esters is 1. The van der Waals surface area contributed by atoms with Gasteiger partial charge < -0.3 is 33.3 Å². The second-order valence-electron chi connectivity index (χ2n) is 22.3. The molecular weight excluding hydrogens is 1070 g/mol. The van der Waals surface area contributed by atoms with Gasteiger partial charge in [0.2, 0.25) is 0 Å². The van der Waals surface area contributed by atoms with Crippen LogP contribution in [0, 0.1) is 13.8 Å². The minimum absolute atomic E-state index is 0.0873. The van der Waals surface area contributed by atoms with Crippen LogP contribution in [0.5, 0.6) is 5.75 Å². The fourth-order valence-corrected chi connectivity index (χ4v) is 13.5. The van der Waals surface area contributed by atoms with Gasteiger partial charge in [-0.05, 0) is 81.1 Å². The molecule has 25 nitrogen and oxygen atoms in total. The fourth-order valence-electron chi connectivity index (χ4n) is 8.47. The molecule has 0 amide bonds. The first-order chi connectivity index (χ1) is 35.1. The van der Waals surface area contributed by atoms with Crippen molar-refractivity contribution in [3.8, 4) is 5.75 Å². The van der Waals surface area contributed by atoms with Crippen molar-refractivity contribution in [1.82, 2.24) is 23.4 Å². The number of nitrogens with one attached hydrogen (secondary N) is 1. The van der Waals surface area contributed by atoms with Crippen LogP contribution in [0.2, 0.25) is 36.3 Å². The van der Waals surface area contributed by atoms with Crippen LogP contribution in [0.3, 0.4) is 0 Å². The Bertz CT molecular complexity index is 3160. The van der Waals surface area contributed by atoms with E-state index < -0.39 is 123 Å². The number of para-hydroxylation sites is 1. The maximum Gasteiger partial charge on any atom is 0.459 e. The van der Waals surface area contributed by atoms with E-state index in [2.05, 4.69) is 15.1 Å². The summed E-state index contributed by atoms with van der Waals surface area (Å²) >= 11 is 0. The Kier molecular flexibility index (Phi) is 17.8. The summed E-state index contributed by atoms with van der Waals surface area (Å²) in [6.45, 7) is 23.1. The van der Waals surface area contributed by atoms with E-state index in [0.717, 1.165) is 30.8 Å². The van der Waals surface area contributed by atoms with Gasteiger partial charge in [-0.25, -0.2) is 18.3 Å². The molecule has 1 aromatic carbocycles. The summed E-state index contributed by atoms with van der Waals surface area (Å²) in [6.07, 6.45) is -3.84. The van der Waals surface area contributed by atoms with E-state index in [0.29, 0.717) is 0 Å². The van der Waals surface area contributed by atoms with Crippen molar-refractivity contribution in [2.45, 2.75) is 173 Å². The maximum atomic E-state index is 14.8. The predicted octanol–water partition coefficient (Wildman–Crippen LogP) is 5.57. The highest BCUT2D eigenvalue weighted by Gasteiger charge is 2.67. The van der Waals surface area contributed by atoms with Gasteiger partial charge in [-0.15, -0.1) is 0 Å². The minimum Gasteiger partial charge on any atom is -0.468 e. The van der Waals surface area contributed by atoms with Gasteiger partial charge >= 0.3 is 25.1 Å². The van der Waals surface area contributed by atoms with Crippen molar-refractivity contribution in [2.24, 2.45) is 10.8 Å². The molecule has 9 atom stereocenters. The maximum absolute atomic E-state index is 14.8. The van der Waals surface area contributed by atoms with Gasteiger partial charge in [0.25, 0.3) is 21.2 Å². The molecule has 2 saturated heterocycles. The highest BCUT2D eigenvalue weighted by molar-refractivity contribution is 7.90. The van der Waals surface area contributed by atoms with E-state index in [1.807, 2.05) is 67.7 Å². The van der Waals surface area contributed by atoms with Gasteiger partial charge in [0.05, 0.1) is 43.6 Å². The number of ether oxygens (including phenoxy) is 3. The molecule has 0 bridgehead atoms. The van der Waals surface area contributed by atoms with E-state index >= 15 is 0 Å². The lowest BCUT2D eigenvalue weighted by Gasteiger charge is -2.43. The molecule has 2 aromatic heterocycles. The third-order valence-corrected chi connectivity index (χ3v) is 26.5. The van der Waals surface area contributed by atoms with Gasteiger partial charge in [0, 0.05) is 47.9 Å². The van der Waals surface area contributed by atoms with Crippen molar-refractivity contribution in [1.29, 1.82) is 0 Å². The number of nitrogens with two attached hydrogens (primary N) is 1.